The molecule has 1 aromatic carbocycles. The molecular weight excluding hydrogens is 247 g/mol. The monoisotopic (exact) mass is 268 g/mol. The van der Waals surface area contributed by atoms with Crippen LogP contribution < -0.4 is 5.73 Å². The summed E-state index contributed by atoms with van der Waals surface area (Å²) < 4.78 is 18.7. The summed E-state index contributed by atoms with van der Waals surface area (Å²) >= 11 is 0. The molecular formula is C14H21FN2O2. The number of ether oxygens (including phenoxy) is 1. The molecule has 106 valence electrons. The highest BCUT2D eigenvalue weighted by molar-refractivity contribution is 5.28. The second-order valence-electron chi connectivity index (χ2n) is 5.03. The summed E-state index contributed by atoms with van der Waals surface area (Å²) in [5, 5.41) is 9.19. The molecule has 2 rings (SSSR count). The number of phenols is 1. The van der Waals surface area contributed by atoms with Gasteiger partial charge in [-0.15, -0.1) is 0 Å². The Morgan fingerprint density at radius 2 is 2.32 bits per heavy atom. The first kappa shape index (κ1) is 14.2. The lowest BCUT2D eigenvalue weighted by Gasteiger charge is -2.38. The van der Waals surface area contributed by atoms with Crippen molar-refractivity contribution in [2.45, 2.75) is 31.5 Å². The molecule has 0 bridgehead atoms. The summed E-state index contributed by atoms with van der Waals surface area (Å²) in [5.41, 5.74) is 6.66. The number of rotatable bonds is 4. The number of benzene rings is 1. The highest BCUT2D eigenvalue weighted by Gasteiger charge is 2.27. The third-order valence-corrected chi connectivity index (χ3v) is 3.79. The highest BCUT2D eigenvalue weighted by Crippen LogP contribution is 2.23. The topological polar surface area (TPSA) is 58.7 Å². The largest absolute Gasteiger partial charge is 0.505 e. The van der Waals surface area contributed by atoms with Gasteiger partial charge in [-0.3, -0.25) is 4.90 Å². The highest BCUT2D eigenvalue weighted by atomic mass is 19.1. The van der Waals surface area contributed by atoms with E-state index in [-0.39, 0.29) is 17.9 Å². The van der Waals surface area contributed by atoms with E-state index >= 15 is 0 Å². The Morgan fingerprint density at radius 3 is 2.95 bits per heavy atom. The SMILES string of the molecule is COC1CCN(Cc2ccc(O)c(F)c2)C(CN)C1. The van der Waals surface area contributed by atoms with E-state index in [1.807, 2.05) is 0 Å². The minimum absolute atomic E-state index is 0.260. The van der Waals surface area contributed by atoms with Gasteiger partial charge in [0.05, 0.1) is 6.10 Å². The van der Waals surface area contributed by atoms with E-state index in [2.05, 4.69) is 4.90 Å². The molecule has 0 spiro atoms. The predicted molar refractivity (Wildman–Crippen MR) is 71.3 cm³/mol. The number of phenolic OH excluding ortho intramolecular Hbond substituents is 1. The number of hydrogen-bond acceptors (Lipinski definition) is 4. The third kappa shape index (κ3) is 3.43. The zero-order valence-electron chi connectivity index (χ0n) is 11.2. The van der Waals surface area contributed by atoms with Crippen molar-refractivity contribution >= 4 is 0 Å². The number of piperidine rings is 1. The van der Waals surface area contributed by atoms with E-state index < -0.39 is 5.82 Å². The summed E-state index contributed by atoms with van der Waals surface area (Å²) in [5.74, 6) is -0.884. The average molecular weight is 268 g/mol. The fraction of sp³-hybridized carbons (Fsp3) is 0.571. The molecule has 0 amide bonds. The van der Waals surface area contributed by atoms with Crippen LogP contribution in [0.1, 0.15) is 18.4 Å². The predicted octanol–water partition coefficient (Wildman–Crippen LogP) is 1.47. The number of nitrogens with two attached hydrogens (primary N) is 1. The lowest BCUT2D eigenvalue weighted by Crippen LogP contribution is -2.47. The van der Waals surface area contributed by atoms with Gasteiger partial charge in [-0.1, -0.05) is 6.07 Å². The van der Waals surface area contributed by atoms with Gasteiger partial charge in [0.15, 0.2) is 11.6 Å². The van der Waals surface area contributed by atoms with Crippen LogP contribution in [0, 0.1) is 5.82 Å². The fourth-order valence-corrected chi connectivity index (χ4v) is 2.61. The van der Waals surface area contributed by atoms with Crippen molar-refractivity contribution in [1.82, 2.24) is 4.90 Å². The van der Waals surface area contributed by atoms with Crippen LogP contribution in [-0.4, -0.2) is 42.4 Å². The van der Waals surface area contributed by atoms with Gasteiger partial charge < -0.3 is 15.6 Å². The number of methoxy groups -OCH3 is 1. The summed E-state index contributed by atoms with van der Waals surface area (Å²) in [6.07, 6.45) is 2.14. The lowest BCUT2D eigenvalue weighted by molar-refractivity contribution is 0.0102. The quantitative estimate of drug-likeness (QED) is 0.868. The second kappa shape index (κ2) is 6.32. The molecule has 5 heteroatoms. The van der Waals surface area contributed by atoms with Crippen molar-refractivity contribution in [2.24, 2.45) is 5.73 Å². The van der Waals surface area contributed by atoms with E-state index in [4.69, 9.17) is 10.5 Å². The normalized spacial score (nSPS) is 24.6. The van der Waals surface area contributed by atoms with Crippen LogP contribution in [0.5, 0.6) is 5.75 Å². The number of nitrogens with zero attached hydrogens (tertiary/aromatic N) is 1. The van der Waals surface area contributed by atoms with E-state index in [1.165, 1.54) is 12.1 Å². The molecule has 3 N–H and O–H groups in total. The van der Waals surface area contributed by atoms with E-state index in [9.17, 15) is 9.50 Å². The van der Waals surface area contributed by atoms with Crippen molar-refractivity contribution in [3.63, 3.8) is 0 Å². The van der Waals surface area contributed by atoms with Crippen molar-refractivity contribution in [2.75, 3.05) is 20.2 Å². The van der Waals surface area contributed by atoms with Gasteiger partial charge in [0.1, 0.15) is 0 Å². The molecule has 1 heterocycles. The molecule has 19 heavy (non-hydrogen) atoms. The number of halogens is 1. The smallest absolute Gasteiger partial charge is 0.165 e. The first-order chi connectivity index (χ1) is 9.13. The minimum Gasteiger partial charge on any atom is -0.505 e. The first-order valence-corrected chi connectivity index (χ1v) is 6.58. The Labute approximate surface area is 113 Å². The average Bonchev–Trinajstić information content (AvgIpc) is 2.43. The Bertz CT molecular complexity index is 428. The third-order valence-electron chi connectivity index (χ3n) is 3.79. The van der Waals surface area contributed by atoms with Gasteiger partial charge in [-0.25, -0.2) is 4.39 Å². The zero-order valence-corrected chi connectivity index (χ0v) is 11.2. The molecule has 0 aliphatic carbocycles. The van der Waals surface area contributed by atoms with Crippen molar-refractivity contribution in [1.29, 1.82) is 0 Å². The molecule has 0 aromatic heterocycles. The first-order valence-electron chi connectivity index (χ1n) is 6.58. The maximum atomic E-state index is 13.3. The Morgan fingerprint density at radius 1 is 1.53 bits per heavy atom. The van der Waals surface area contributed by atoms with Crippen LogP contribution in [0.25, 0.3) is 0 Å². The molecule has 1 fully saturated rings. The van der Waals surface area contributed by atoms with Gasteiger partial charge in [0.2, 0.25) is 0 Å². The van der Waals surface area contributed by atoms with Crippen molar-refractivity contribution < 1.29 is 14.2 Å². The molecule has 1 saturated heterocycles. The Hall–Kier alpha value is -1.17. The van der Waals surface area contributed by atoms with E-state index in [1.54, 1.807) is 13.2 Å². The molecule has 1 aliphatic rings. The Balaban J connectivity index is 2.03. The molecule has 1 aromatic rings. The van der Waals surface area contributed by atoms with Crippen LogP contribution in [0.2, 0.25) is 0 Å². The molecule has 1 aliphatic heterocycles. The molecule has 2 unspecified atom stereocenters. The van der Waals surface area contributed by atoms with E-state index in [0.717, 1.165) is 24.9 Å². The molecule has 2 atom stereocenters. The summed E-state index contributed by atoms with van der Waals surface area (Å²) in [4.78, 5) is 2.25. The van der Waals surface area contributed by atoms with Crippen LogP contribution in [0.4, 0.5) is 4.39 Å². The maximum absolute atomic E-state index is 13.3. The summed E-state index contributed by atoms with van der Waals surface area (Å²) in [7, 11) is 1.73. The Kier molecular flexibility index (Phi) is 4.74. The van der Waals surface area contributed by atoms with Gasteiger partial charge in [-0.2, -0.15) is 0 Å². The van der Waals surface area contributed by atoms with Gasteiger partial charge in [0.25, 0.3) is 0 Å². The number of hydrogen-bond donors (Lipinski definition) is 2. The minimum atomic E-state index is -0.575. The van der Waals surface area contributed by atoms with Gasteiger partial charge >= 0.3 is 0 Å². The summed E-state index contributed by atoms with van der Waals surface area (Å²) in [6.45, 7) is 2.11. The van der Waals surface area contributed by atoms with Crippen LogP contribution in [0.15, 0.2) is 18.2 Å². The molecule has 0 saturated carbocycles. The maximum Gasteiger partial charge on any atom is 0.165 e. The van der Waals surface area contributed by atoms with Crippen LogP contribution >= 0.6 is 0 Å². The molecule has 0 radical (unpaired) electrons. The second-order valence-corrected chi connectivity index (χ2v) is 5.03. The lowest BCUT2D eigenvalue weighted by atomic mass is 9.98. The zero-order chi connectivity index (χ0) is 13.8. The number of aromatic hydroxyl groups is 1. The standard InChI is InChI=1S/C14H21FN2O2/c1-19-12-4-5-17(11(7-12)8-16)9-10-2-3-14(18)13(15)6-10/h2-3,6,11-12,18H,4-5,7-9,16H2,1H3. The van der Waals surface area contributed by atoms with Crippen molar-refractivity contribution in [3.8, 4) is 5.75 Å². The fourth-order valence-electron chi connectivity index (χ4n) is 2.61. The molecule has 4 nitrogen and oxygen atoms in total. The van der Waals surface area contributed by atoms with Gasteiger partial charge in [-0.05, 0) is 30.5 Å². The number of likely N-dealkylation sites (tertiary alicyclic amines) is 1. The van der Waals surface area contributed by atoms with Gasteiger partial charge in [0, 0.05) is 32.8 Å². The summed E-state index contributed by atoms with van der Waals surface area (Å²) in [6, 6.07) is 4.78. The van der Waals surface area contributed by atoms with E-state index in [0.29, 0.717) is 13.1 Å². The van der Waals surface area contributed by atoms with Crippen LogP contribution in [0.3, 0.4) is 0 Å². The van der Waals surface area contributed by atoms with Crippen molar-refractivity contribution in [3.05, 3.63) is 29.6 Å². The van der Waals surface area contributed by atoms with Crippen LogP contribution in [-0.2, 0) is 11.3 Å².